The van der Waals surface area contributed by atoms with E-state index in [1.165, 1.54) is 0 Å². The number of carbonyl (C=O) groups excluding carboxylic acids is 1. The van der Waals surface area contributed by atoms with E-state index in [0.29, 0.717) is 10.7 Å². The number of hydrogen-bond donors (Lipinski definition) is 1. The molecule has 0 unspecified atom stereocenters. The highest BCUT2D eigenvalue weighted by Gasteiger charge is 2.43. The molecule has 2 heterocycles. The maximum absolute atomic E-state index is 13.5. The summed E-state index contributed by atoms with van der Waals surface area (Å²) in [7, 11) is 1.63. The number of amides is 1. The number of carbonyl (C=O) groups is 1. The molecule has 5 nitrogen and oxygen atoms in total. The quantitative estimate of drug-likeness (QED) is 0.365. The first-order valence-corrected chi connectivity index (χ1v) is 10.8. The van der Waals surface area contributed by atoms with Gasteiger partial charge in [0, 0.05) is 26.3 Å². The van der Waals surface area contributed by atoms with Crippen molar-refractivity contribution in [1.29, 1.82) is 0 Å². The first kappa shape index (κ1) is 19.8. The van der Waals surface area contributed by atoms with Crippen molar-refractivity contribution in [2.75, 3.05) is 12.0 Å². The average Bonchev–Trinajstić information content (AvgIpc) is 3.34. The minimum absolute atomic E-state index is 0.144. The van der Waals surface area contributed by atoms with Gasteiger partial charge in [-0.3, -0.25) is 14.8 Å². The van der Waals surface area contributed by atoms with Crippen molar-refractivity contribution in [3.63, 3.8) is 0 Å². The predicted molar refractivity (Wildman–Crippen MR) is 125 cm³/mol. The SMILES string of the molecule is COc1ccc(-c2n[nH]c3c2[C@H](c2ccccc2Cl)N(c2ccc(Br)cc2)C3=O)cc1. The van der Waals surface area contributed by atoms with Crippen LogP contribution >= 0.6 is 27.5 Å². The highest BCUT2D eigenvalue weighted by atomic mass is 79.9. The third-order valence-electron chi connectivity index (χ3n) is 5.44. The number of benzene rings is 3. The van der Waals surface area contributed by atoms with E-state index >= 15 is 0 Å². The molecule has 0 saturated heterocycles. The van der Waals surface area contributed by atoms with Crippen molar-refractivity contribution in [2.45, 2.75) is 6.04 Å². The fourth-order valence-corrected chi connectivity index (χ4v) is 4.48. The number of H-pyrrole nitrogens is 1. The Kier molecular flexibility index (Phi) is 5.04. The second-order valence-corrected chi connectivity index (χ2v) is 8.49. The summed E-state index contributed by atoms with van der Waals surface area (Å²) in [6.45, 7) is 0. The van der Waals surface area contributed by atoms with Gasteiger partial charge in [-0.2, -0.15) is 5.10 Å². The Morgan fingerprint density at radius 2 is 1.74 bits per heavy atom. The second-order valence-electron chi connectivity index (χ2n) is 7.17. The summed E-state index contributed by atoms with van der Waals surface area (Å²) in [5.74, 6) is 0.612. The van der Waals surface area contributed by atoms with Gasteiger partial charge < -0.3 is 4.74 Å². The molecule has 1 aliphatic rings. The molecule has 1 aliphatic heterocycles. The van der Waals surface area contributed by atoms with Gasteiger partial charge >= 0.3 is 0 Å². The lowest BCUT2D eigenvalue weighted by atomic mass is 9.95. The maximum Gasteiger partial charge on any atom is 0.277 e. The third kappa shape index (κ3) is 3.32. The molecular formula is C24H17BrClN3O2. The smallest absolute Gasteiger partial charge is 0.277 e. The molecule has 4 aromatic rings. The van der Waals surface area contributed by atoms with Gasteiger partial charge in [0.25, 0.3) is 5.91 Å². The molecule has 1 atom stereocenters. The van der Waals surface area contributed by atoms with Gasteiger partial charge in [0.15, 0.2) is 0 Å². The summed E-state index contributed by atoms with van der Waals surface area (Å²) in [6, 6.07) is 22.5. The Bertz CT molecular complexity index is 1270. The number of rotatable bonds is 4. The van der Waals surface area contributed by atoms with Crippen LogP contribution in [0.3, 0.4) is 0 Å². The van der Waals surface area contributed by atoms with Crippen molar-refractivity contribution in [1.82, 2.24) is 10.2 Å². The number of aromatic amines is 1. The van der Waals surface area contributed by atoms with Crippen molar-refractivity contribution in [2.24, 2.45) is 0 Å². The van der Waals surface area contributed by atoms with Crippen molar-refractivity contribution < 1.29 is 9.53 Å². The van der Waals surface area contributed by atoms with E-state index in [2.05, 4.69) is 26.1 Å². The fraction of sp³-hybridized carbons (Fsp3) is 0.0833. The van der Waals surface area contributed by atoms with Gasteiger partial charge in [0.1, 0.15) is 11.4 Å². The molecule has 5 rings (SSSR count). The minimum Gasteiger partial charge on any atom is -0.497 e. The fourth-order valence-electron chi connectivity index (χ4n) is 3.98. The highest BCUT2D eigenvalue weighted by Crippen LogP contribution is 2.46. The van der Waals surface area contributed by atoms with E-state index in [9.17, 15) is 4.79 Å². The first-order chi connectivity index (χ1) is 15.1. The zero-order valence-electron chi connectivity index (χ0n) is 16.5. The lowest BCUT2D eigenvalue weighted by molar-refractivity contribution is 0.0989. The van der Waals surface area contributed by atoms with Crippen LogP contribution in [0.4, 0.5) is 5.69 Å². The second kappa shape index (κ2) is 7.87. The first-order valence-electron chi connectivity index (χ1n) is 9.64. The predicted octanol–water partition coefficient (Wildman–Crippen LogP) is 6.25. The lowest BCUT2D eigenvalue weighted by Crippen LogP contribution is -2.29. The molecule has 1 amide bonds. The van der Waals surface area contributed by atoms with Gasteiger partial charge in [-0.1, -0.05) is 45.7 Å². The Labute approximate surface area is 192 Å². The standard InChI is InChI=1S/C24H17BrClN3O2/c1-31-17-12-6-14(7-13-17)21-20-22(28-27-21)24(30)29(16-10-8-15(25)9-11-16)23(20)18-4-2-3-5-19(18)26/h2-13,23H,1H3,(H,27,28)/t23-/m0/s1. The largest absolute Gasteiger partial charge is 0.497 e. The van der Waals surface area contributed by atoms with Gasteiger partial charge in [0.2, 0.25) is 0 Å². The Morgan fingerprint density at radius 1 is 1.03 bits per heavy atom. The summed E-state index contributed by atoms with van der Waals surface area (Å²) in [6.07, 6.45) is 0. The van der Waals surface area contributed by atoms with E-state index in [-0.39, 0.29) is 5.91 Å². The van der Waals surface area contributed by atoms with Gasteiger partial charge in [-0.05, 0) is 60.2 Å². The van der Waals surface area contributed by atoms with Crippen LogP contribution < -0.4 is 9.64 Å². The van der Waals surface area contributed by atoms with Crippen LogP contribution in [-0.4, -0.2) is 23.2 Å². The van der Waals surface area contributed by atoms with Gasteiger partial charge in [-0.25, -0.2) is 0 Å². The van der Waals surface area contributed by atoms with Crippen LogP contribution in [0.5, 0.6) is 5.75 Å². The van der Waals surface area contributed by atoms with Crippen molar-refractivity contribution in [3.05, 3.63) is 99.1 Å². The van der Waals surface area contributed by atoms with Crippen LogP contribution in [0.2, 0.25) is 5.02 Å². The number of hydrogen-bond acceptors (Lipinski definition) is 3. The van der Waals surface area contributed by atoms with Crippen molar-refractivity contribution >= 4 is 39.1 Å². The molecule has 31 heavy (non-hydrogen) atoms. The number of fused-ring (bicyclic) bond motifs is 1. The van der Waals surface area contributed by atoms with Crippen LogP contribution in [0.1, 0.15) is 27.7 Å². The zero-order valence-corrected chi connectivity index (χ0v) is 18.8. The number of aromatic nitrogens is 2. The number of halogens is 2. The maximum atomic E-state index is 13.5. The van der Waals surface area contributed by atoms with Crippen LogP contribution in [-0.2, 0) is 0 Å². The van der Waals surface area contributed by atoms with Crippen LogP contribution in [0, 0.1) is 0 Å². The Morgan fingerprint density at radius 3 is 2.42 bits per heavy atom. The Hall–Kier alpha value is -3.09. The van der Waals surface area contributed by atoms with Crippen LogP contribution in [0.25, 0.3) is 11.3 Å². The number of anilines is 1. The number of nitrogens with one attached hydrogen (secondary N) is 1. The van der Waals surface area contributed by atoms with E-state index < -0.39 is 6.04 Å². The van der Waals surface area contributed by atoms with Gasteiger partial charge in [0.05, 0.1) is 18.8 Å². The summed E-state index contributed by atoms with van der Waals surface area (Å²) in [5, 5.41) is 8.06. The van der Waals surface area contributed by atoms with E-state index in [0.717, 1.165) is 38.3 Å². The molecule has 0 bridgehead atoms. The highest BCUT2D eigenvalue weighted by molar-refractivity contribution is 9.10. The minimum atomic E-state index is -0.409. The van der Waals surface area contributed by atoms with E-state index in [1.807, 2.05) is 72.8 Å². The summed E-state index contributed by atoms with van der Waals surface area (Å²) >= 11 is 10.1. The van der Waals surface area contributed by atoms with Crippen LogP contribution in [0.15, 0.2) is 77.3 Å². The number of ether oxygens (including phenoxy) is 1. The molecular weight excluding hydrogens is 478 g/mol. The molecule has 1 aromatic heterocycles. The summed E-state index contributed by atoms with van der Waals surface area (Å²) in [5.41, 5.74) is 4.51. The van der Waals surface area contributed by atoms with Crippen molar-refractivity contribution in [3.8, 4) is 17.0 Å². The normalized spacial score (nSPS) is 15.3. The summed E-state index contributed by atoms with van der Waals surface area (Å²) < 4.78 is 6.22. The zero-order chi connectivity index (χ0) is 21.5. The van der Waals surface area contributed by atoms with Gasteiger partial charge in [-0.15, -0.1) is 0 Å². The molecule has 1 N–H and O–H groups in total. The summed E-state index contributed by atoms with van der Waals surface area (Å²) in [4.78, 5) is 15.3. The molecule has 3 aromatic carbocycles. The molecule has 0 aliphatic carbocycles. The molecule has 0 spiro atoms. The average molecular weight is 495 g/mol. The molecule has 0 fully saturated rings. The number of methoxy groups -OCH3 is 1. The number of nitrogens with zero attached hydrogens (tertiary/aromatic N) is 2. The molecule has 154 valence electrons. The molecule has 0 saturated carbocycles. The van der Waals surface area contributed by atoms with E-state index in [1.54, 1.807) is 12.0 Å². The topological polar surface area (TPSA) is 58.2 Å². The molecule has 7 heteroatoms. The third-order valence-corrected chi connectivity index (χ3v) is 6.31. The Balaban J connectivity index is 1.71. The molecule has 0 radical (unpaired) electrons. The monoisotopic (exact) mass is 493 g/mol. The van der Waals surface area contributed by atoms with E-state index in [4.69, 9.17) is 16.3 Å². The lowest BCUT2D eigenvalue weighted by Gasteiger charge is -2.27.